The first-order chi connectivity index (χ1) is 18.0. The van der Waals surface area contributed by atoms with Gasteiger partial charge in [0.2, 0.25) is 11.8 Å². The van der Waals surface area contributed by atoms with Crippen molar-refractivity contribution in [3.05, 3.63) is 77.1 Å². The smallest absolute Gasteiger partial charge is 0.255 e. The zero-order valence-corrected chi connectivity index (χ0v) is 20.3. The molecule has 2 fully saturated rings. The molecule has 2 saturated heterocycles. The number of halogens is 1. The quantitative estimate of drug-likeness (QED) is 0.539. The molecule has 0 bridgehead atoms. The summed E-state index contributed by atoms with van der Waals surface area (Å²) in [7, 11) is 0. The molecule has 0 spiro atoms. The van der Waals surface area contributed by atoms with E-state index >= 15 is 0 Å². The molecule has 10 heteroatoms. The highest BCUT2D eigenvalue weighted by molar-refractivity contribution is 6.05. The predicted octanol–water partition coefficient (Wildman–Crippen LogP) is 2.55. The third-order valence-corrected chi connectivity index (χ3v) is 7.68. The number of imide groups is 1. The maximum Gasteiger partial charge on any atom is 0.255 e. The highest BCUT2D eigenvalue weighted by Gasteiger charge is 2.41. The van der Waals surface area contributed by atoms with E-state index in [-0.39, 0.29) is 30.7 Å². The van der Waals surface area contributed by atoms with E-state index in [0.717, 1.165) is 49.3 Å². The lowest BCUT2D eigenvalue weighted by atomic mass is 9.85. The van der Waals surface area contributed by atoms with Crippen LogP contribution in [0.25, 0.3) is 5.69 Å². The van der Waals surface area contributed by atoms with Gasteiger partial charge < -0.3 is 4.90 Å². The molecule has 3 amide bonds. The number of amides is 3. The van der Waals surface area contributed by atoms with Crippen molar-refractivity contribution in [1.82, 2.24) is 29.9 Å². The monoisotopic (exact) mass is 502 g/mol. The number of carbonyl (C=O) groups is 3. The molecule has 37 heavy (non-hydrogen) atoms. The van der Waals surface area contributed by atoms with Gasteiger partial charge in [-0.25, -0.2) is 14.1 Å². The van der Waals surface area contributed by atoms with Crippen LogP contribution < -0.4 is 5.32 Å². The molecule has 1 N–H and O–H groups in total. The summed E-state index contributed by atoms with van der Waals surface area (Å²) in [5.41, 5.74) is 4.17. The molecule has 0 aliphatic carbocycles. The lowest BCUT2D eigenvalue weighted by Crippen LogP contribution is -2.52. The number of benzene rings is 2. The maximum absolute atomic E-state index is 14.6. The number of likely N-dealkylation sites (tertiary alicyclic amines) is 1. The minimum absolute atomic E-state index is 0.136. The van der Waals surface area contributed by atoms with E-state index in [4.69, 9.17) is 0 Å². The van der Waals surface area contributed by atoms with Crippen LogP contribution >= 0.6 is 0 Å². The molecule has 2 aromatic carbocycles. The number of rotatable bonds is 5. The maximum atomic E-state index is 14.6. The molecule has 9 nitrogen and oxygen atoms in total. The Balaban J connectivity index is 1.15. The number of aromatic nitrogens is 3. The average Bonchev–Trinajstić information content (AvgIpc) is 3.54. The lowest BCUT2D eigenvalue weighted by molar-refractivity contribution is -0.136. The summed E-state index contributed by atoms with van der Waals surface area (Å²) in [5, 5.41) is 6.52. The number of hydrogen-bond donors (Lipinski definition) is 1. The molecule has 3 aromatic rings. The van der Waals surface area contributed by atoms with Gasteiger partial charge in [-0.3, -0.25) is 24.6 Å². The molecule has 3 aliphatic heterocycles. The Labute approximate surface area is 213 Å². The van der Waals surface area contributed by atoms with Gasteiger partial charge in [0, 0.05) is 25.1 Å². The van der Waals surface area contributed by atoms with Crippen LogP contribution in [0.4, 0.5) is 4.39 Å². The molecular formula is C27H27FN6O3. The van der Waals surface area contributed by atoms with E-state index in [9.17, 15) is 18.8 Å². The van der Waals surface area contributed by atoms with Crippen molar-refractivity contribution >= 4 is 17.7 Å². The van der Waals surface area contributed by atoms with Crippen molar-refractivity contribution in [1.29, 1.82) is 0 Å². The molecule has 1 atom stereocenters. The minimum Gasteiger partial charge on any atom is -0.322 e. The molecule has 4 heterocycles. The fraction of sp³-hybridized carbons (Fsp3) is 0.370. The average molecular weight is 503 g/mol. The summed E-state index contributed by atoms with van der Waals surface area (Å²) in [4.78, 5) is 45.0. The summed E-state index contributed by atoms with van der Waals surface area (Å²) in [6, 6.07) is 10.3. The second-order valence-corrected chi connectivity index (χ2v) is 9.98. The zero-order valence-electron chi connectivity index (χ0n) is 20.3. The van der Waals surface area contributed by atoms with Crippen LogP contribution in [0.1, 0.15) is 58.6 Å². The van der Waals surface area contributed by atoms with Crippen LogP contribution in [0.3, 0.4) is 0 Å². The number of fused-ring (bicyclic) bond motifs is 1. The van der Waals surface area contributed by atoms with Gasteiger partial charge in [-0.1, -0.05) is 12.1 Å². The van der Waals surface area contributed by atoms with E-state index in [1.54, 1.807) is 17.1 Å². The minimum atomic E-state index is -0.705. The molecule has 0 saturated carbocycles. The van der Waals surface area contributed by atoms with Gasteiger partial charge in [-0.05, 0) is 79.2 Å². The fourth-order valence-electron chi connectivity index (χ4n) is 5.82. The summed E-state index contributed by atoms with van der Waals surface area (Å²) in [5.74, 6) is -1.42. The van der Waals surface area contributed by atoms with Crippen LogP contribution in [0.15, 0.2) is 49.1 Å². The number of nitrogens with one attached hydrogen (secondary N) is 1. The predicted molar refractivity (Wildman–Crippen MR) is 131 cm³/mol. The zero-order chi connectivity index (χ0) is 25.5. The van der Waals surface area contributed by atoms with Crippen LogP contribution in [-0.4, -0.2) is 61.4 Å². The third-order valence-electron chi connectivity index (χ3n) is 7.68. The van der Waals surface area contributed by atoms with Gasteiger partial charge in [0.1, 0.15) is 24.5 Å². The standard InChI is InChI=1S/C27H27FN6O3/c28-19-11-21(23-14-33(27(37)22(23)12-19)24-4-5-25(35)31-26(24)36)18-6-8-32(9-7-18)13-17-2-1-3-20(10-17)34-16-29-15-30-34/h1-3,10-12,15-16,18,24H,4-9,13-14H2,(H,31,35,36). The van der Waals surface area contributed by atoms with Crippen molar-refractivity contribution in [2.24, 2.45) is 0 Å². The highest BCUT2D eigenvalue weighted by atomic mass is 19.1. The van der Waals surface area contributed by atoms with E-state index < -0.39 is 17.8 Å². The first-order valence-electron chi connectivity index (χ1n) is 12.6. The number of hydrogen-bond acceptors (Lipinski definition) is 6. The SMILES string of the molecule is O=C1CCC(N2Cc3c(cc(F)cc3C3CCN(Cc4cccc(-n5cncn5)c4)CC3)C2=O)C(=O)N1. The molecular weight excluding hydrogens is 475 g/mol. The van der Waals surface area contributed by atoms with Crippen molar-refractivity contribution in [3.63, 3.8) is 0 Å². The molecule has 3 aliphatic rings. The van der Waals surface area contributed by atoms with Gasteiger partial charge in [0.15, 0.2) is 0 Å². The normalized spacial score (nSPS) is 20.8. The Morgan fingerprint density at radius 3 is 2.65 bits per heavy atom. The van der Waals surface area contributed by atoms with Crippen molar-refractivity contribution in [2.45, 2.75) is 50.7 Å². The summed E-state index contributed by atoms with van der Waals surface area (Å²) in [6.45, 7) is 2.78. The third kappa shape index (κ3) is 4.53. The Kier molecular flexibility index (Phi) is 6.03. The molecule has 1 aromatic heterocycles. The van der Waals surface area contributed by atoms with Gasteiger partial charge in [0.25, 0.3) is 5.91 Å². The van der Waals surface area contributed by atoms with Crippen LogP contribution in [-0.2, 0) is 22.7 Å². The van der Waals surface area contributed by atoms with Crippen molar-refractivity contribution in [2.75, 3.05) is 13.1 Å². The molecule has 0 radical (unpaired) electrons. The first-order valence-corrected chi connectivity index (χ1v) is 12.6. The Hall–Kier alpha value is -3.92. The number of carbonyl (C=O) groups excluding carboxylic acids is 3. The number of nitrogens with zero attached hydrogens (tertiary/aromatic N) is 5. The van der Waals surface area contributed by atoms with Crippen molar-refractivity contribution < 1.29 is 18.8 Å². The first kappa shape index (κ1) is 23.5. The highest BCUT2D eigenvalue weighted by Crippen LogP contribution is 2.38. The summed E-state index contributed by atoms with van der Waals surface area (Å²) < 4.78 is 16.4. The Bertz CT molecular complexity index is 1370. The van der Waals surface area contributed by atoms with E-state index in [0.29, 0.717) is 12.0 Å². The topological polar surface area (TPSA) is 100 Å². The van der Waals surface area contributed by atoms with E-state index in [2.05, 4.69) is 32.4 Å². The lowest BCUT2D eigenvalue weighted by Gasteiger charge is -2.33. The number of piperidine rings is 2. The van der Waals surface area contributed by atoms with Crippen molar-refractivity contribution in [3.8, 4) is 5.69 Å². The van der Waals surface area contributed by atoms with Crippen LogP contribution in [0.5, 0.6) is 0 Å². The molecule has 1 unspecified atom stereocenters. The second-order valence-electron chi connectivity index (χ2n) is 9.98. The second kappa shape index (κ2) is 9.51. The molecule has 6 rings (SSSR count). The molecule has 190 valence electrons. The van der Waals surface area contributed by atoms with E-state index in [1.807, 2.05) is 12.1 Å². The fourth-order valence-corrected chi connectivity index (χ4v) is 5.82. The summed E-state index contributed by atoms with van der Waals surface area (Å²) in [6.07, 6.45) is 5.37. The van der Waals surface area contributed by atoms with Crippen LogP contribution in [0, 0.1) is 5.82 Å². The largest absolute Gasteiger partial charge is 0.322 e. The van der Waals surface area contributed by atoms with E-state index in [1.165, 1.54) is 22.9 Å². The van der Waals surface area contributed by atoms with Crippen LogP contribution in [0.2, 0.25) is 0 Å². The Morgan fingerprint density at radius 2 is 1.89 bits per heavy atom. The van der Waals surface area contributed by atoms with Gasteiger partial charge in [-0.2, -0.15) is 5.10 Å². The summed E-state index contributed by atoms with van der Waals surface area (Å²) >= 11 is 0. The van der Waals surface area contributed by atoms with Gasteiger partial charge in [-0.15, -0.1) is 0 Å². The van der Waals surface area contributed by atoms with Gasteiger partial charge >= 0.3 is 0 Å². The van der Waals surface area contributed by atoms with Gasteiger partial charge in [0.05, 0.1) is 5.69 Å². The Morgan fingerprint density at radius 1 is 1.05 bits per heavy atom.